The first-order valence-corrected chi connectivity index (χ1v) is 4.98. The molecular weight excluding hydrogens is 198 g/mol. The van der Waals surface area contributed by atoms with E-state index in [2.05, 4.69) is 4.99 Å². The van der Waals surface area contributed by atoms with Crippen molar-refractivity contribution in [1.82, 2.24) is 0 Å². The maximum absolute atomic E-state index is 11.6. The number of carbonyl (C=O) groups is 2. The van der Waals surface area contributed by atoms with Gasteiger partial charge in [-0.3, -0.25) is 14.6 Å². The molecule has 5 nitrogen and oxygen atoms in total. The van der Waals surface area contributed by atoms with Gasteiger partial charge in [-0.15, -0.1) is 0 Å². The summed E-state index contributed by atoms with van der Waals surface area (Å²) in [6.45, 7) is 3.75. The van der Waals surface area contributed by atoms with Gasteiger partial charge in [0.25, 0.3) is 5.79 Å². The van der Waals surface area contributed by atoms with Gasteiger partial charge in [0.05, 0.1) is 0 Å². The van der Waals surface area contributed by atoms with Gasteiger partial charge in [-0.25, -0.2) is 0 Å². The van der Waals surface area contributed by atoms with Crippen LogP contribution < -0.4 is 0 Å². The van der Waals surface area contributed by atoms with Gasteiger partial charge in [-0.05, 0) is 12.8 Å². The third-order valence-corrected chi connectivity index (χ3v) is 2.40. The van der Waals surface area contributed by atoms with Crippen LogP contribution in [-0.2, 0) is 19.1 Å². The molecular formula is C10H13NO4. The Labute approximate surface area is 87.5 Å². The van der Waals surface area contributed by atoms with E-state index in [1.54, 1.807) is 0 Å². The average Bonchev–Trinajstić information content (AvgIpc) is 2.52. The topological polar surface area (TPSA) is 65.0 Å². The first-order chi connectivity index (χ1) is 6.99. The van der Waals surface area contributed by atoms with Crippen LogP contribution in [0.1, 0.15) is 26.7 Å². The second kappa shape index (κ2) is 3.32. The summed E-state index contributed by atoms with van der Waals surface area (Å²) in [5.74, 6) is -3.17. The number of rotatable bonds is 1. The van der Waals surface area contributed by atoms with Gasteiger partial charge in [0.15, 0.2) is 5.92 Å². The fraction of sp³-hybridized carbons (Fsp3) is 0.700. The highest BCUT2D eigenvalue weighted by molar-refractivity contribution is 6.18. The van der Waals surface area contributed by atoms with Gasteiger partial charge in [-0.1, -0.05) is 0 Å². The zero-order valence-corrected chi connectivity index (χ0v) is 8.78. The van der Waals surface area contributed by atoms with Crippen LogP contribution in [0.15, 0.2) is 4.99 Å². The molecule has 0 spiro atoms. The molecule has 0 aromatic heterocycles. The van der Waals surface area contributed by atoms with Crippen LogP contribution in [0.25, 0.3) is 0 Å². The lowest BCUT2D eigenvalue weighted by Crippen LogP contribution is -2.48. The highest BCUT2D eigenvalue weighted by Crippen LogP contribution is 2.26. The Morgan fingerprint density at radius 1 is 1.27 bits per heavy atom. The molecule has 1 fully saturated rings. The van der Waals surface area contributed by atoms with E-state index in [0.29, 0.717) is 18.7 Å². The van der Waals surface area contributed by atoms with Gasteiger partial charge in [0.1, 0.15) is 0 Å². The van der Waals surface area contributed by atoms with E-state index in [1.807, 2.05) is 0 Å². The van der Waals surface area contributed by atoms with Gasteiger partial charge < -0.3 is 9.47 Å². The van der Waals surface area contributed by atoms with Crippen molar-refractivity contribution in [3.63, 3.8) is 0 Å². The summed E-state index contributed by atoms with van der Waals surface area (Å²) in [7, 11) is 0. The minimum Gasteiger partial charge on any atom is -0.422 e. The number of hydrogen-bond acceptors (Lipinski definition) is 5. The predicted octanol–water partition coefficient (Wildman–Crippen LogP) is 0.673. The van der Waals surface area contributed by atoms with Crippen molar-refractivity contribution < 1.29 is 19.1 Å². The second-order valence-electron chi connectivity index (χ2n) is 4.15. The highest BCUT2D eigenvalue weighted by Gasteiger charge is 2.46. The van der Waals surface area contributed by atoms with E-state index < -0.39 is 23.6 Å². The molecule has 0 aromatic carbocycles. The molecule has 0 N–H and O–H groups in total. The Morgan fingerprint density at radius 2 is 1.87 bits per heavy atom. The molecule has 15 heavy (non-hydrogen) atoms. The van der Waals surface area contributed by atoms with Crippen molar-refractivity contribution in [3.05, 3.63) is 0 Å². The quantitative estimate of drug-likeness (QED) is 0.472. The zero-order chi connectivity index (χ0) is 11.1. The minimum absolute atomic E-state index is 0.545. The van der Waals surface area contributed by atoms with Crippen LogP contribution in [0.4, 0.5) is 0 Å². The number of hydrogen-bond donors (Lipinski definition) is 0. The van der Waals surface area contributed by atoms with Crippen LogP contribution in [0.3, 0.4) is 0 Å². The van der Waals surface area contributed by atoms with Gasteiger partial charge in [0, 0.05) is 26.1 Å². The molecule has 2 aliphatic heterocycles. The molecule has 2 heterocycles. The summed E-state index contributed by atoms with van der Waals surface area (Å²) in [6.07, 6.45) is 1.56. The number of cyclic esters (lactones) is 2. The maximum atomic E-state index is 11.6. The molecule has 2 aliphatic rings. The summed E-state index contributed by atoms with van der Waals surface area (Å²) in [5.41, 5.74) is 0.598. The average molecular weight is 211 g/mol. The smallest absolute Gasteiger partial charge is 0.329 e. The van der Waals surface area contributed by atoms with E-state index >= 15 is 0 Å². The first-order valence-electron chi connectivity index (χ1n) is 4.98. The van der Waals surface area contributed by atoms with Gasteiger partial charge in [0.2, 0.25) is 0 Å². The Kier molecular flexibility index (Phi) is 2.25. The standard InChI is InChI=1S/C10H13NO4/c1-10(2)14-8(12)7(9(13)15-10)6-4-3-5-11-6/h7H,3-5H2,1-2H3. The summed E-state index contributed by atoms with van der Waals surface area (Å²) in [5, 5.41) is 0. The van der Waals surface area contributed by atoms with Crippen molar-refractivity contribution in [2.24, 2.45) is 10.9 Å². The van der Waals surface area contributed by atoms with Crippen molar-refractivity contribution in [1.29, 1.82) is 0 Å². The molecule has 0 atom stereocenters. The molecule has 0 unspecified atom stereocenters. The van der Waals surface area contributed by atoms with E-state index in [1.165, 1.54) is 13.8 Å². The molecule has 0 bridgehead atoms. The lowest BCUT2D eigenvalue weighted by atomic mass is 10.00. The fourth-order valence-corrected chi connectivity index (χ4v) is 1.79. The van der Waals surface area contributed by atoms with Crippen molar-refractivity contribution in [2.45, 2.75) is 32.5 Å². The monoisotopic (exact) mass is 211 g/mol. The number of carbonyl (C=O) groups excluding carboxylic acids is 2. The van der Waals surface area contributed by atoms with E-state index in [0.717, 1.165) is 6.42 Å². The number of nitrogens with zero attached hydrogens (tertiary/aromatic N) is 1. The molecule has 1 saturated heterocycles. The van der Waals surface area contributed by atoms with Crippen LogP contribution in [0.2, 0.25) is 0 Å². The Balaban J connectivity index is 2.20. The van der Waals surface area contributed by atoms with Crippen LogP contribution in [-0.4, -0.2) is 30.0 Å². The normalized spacial score (nSPS) is 25.9. The Bertz CT molecular complexity index is 325. The maximum Gasteiger partial charge on any atom is 0.329 e. The van der Waals surface area contributed by atoms with Crippen LogP contribution in [0.5, 0.6) is 0 Å². The molecule has 0 radical (unpaired) electrons. The SMILES string of the molecule is CC1(C)OC(=O)C(C2=NCCC2)C(=O)O1. The summed E-state index contributed by atoms with van der Waals surface area (Å²) in [4.78, 5) is 27.3. The Morgan fingerprint density at radius 3 is 2.33 bits per heavy atom. The molecule has 82 valence electrons. The van der Waals surface area contributed by atoms with E-state index in [9.17, 15) is 9.59 Å². The van der Waals surface area contributed by atoms with E-state index in [4.69, 9.17) is 9.47 Å². The number of aliphatic imine (C=N–C) groups is 1. The number of ether oxygens (including phenoxy) is 2. The molecule has 5 heteroatoms. The summed E-state index contributed by atoms with van der Waals surface area (Å²) < 4.78 is 10.0. The first kappa shape index (κ1) is 10.1. The lowest BCUT2D eigenvalue weighted by molar-refractivity contribution is -0.235. The molecule has 0 aliphatic carbocycles. The molecule has 2 rings (SSSR count). The minimum atomic E-state index is -1.15. The van der Waals surface area contributed by atoms with Crippen molar-refractivity contribution >= 4 is 17.7 Å². The van der Waals surface area contributed by atoms with Crippen molar-refractivity contribution in [2.75, 3.05) is 6.54 Å². The third kappa shape index (κ3) is 1.86. The largest absolute Gasteiger partial charge is 0.422 e. The lowest BCUT2D eigenvalue weighted by Gasteiger charge is -2.32. The summed E-state index contributed by atoms with van der Waals surface area (Å²) >= 11 is 0. The second-order valence-corrected chi connectivity index (χ2v) is 4.15. The van der Waals surface area contributed by atoms with Crippen molar-refractivity contribution in [3.8, 4) is 0 Å². The third-order valence-electron chi connectivity index (χ3n) is 2.40. The molecule has 0 amide bonds. The van der Waals surface area contributed by atoms with Crippen LogP contribution >= 0.6 is 0 Å². The van der Waals surface area contributed by atoms with Gasteiger partial charge in [-0.2, -0.15) is 0 Å². The number of esters is 2. The molecule has 0 aromatic rings. The Hall–Kier alpha value is -1.39. The van der Waals surface area contributed by atoms with Crippen LogP contribution in [0, 0.1) is 5.92 Å². The summed E-state index contributed by atoms with van der Waals surface area (Å²) in [6, 6.07) is 0. The zero-order valence-electron chi connectivity index (χ0n) is 8.78. The predicted molar refractivity (Wildman–Crippen MR) is 51.3 cm³/mol. The van der Waals surface area contributed by atoms with E-state index in [-0.39, 0.29) is 0 Å². The molecule has 0 saturated carbocycles. The van der Waals surface area contributed by atoms with Gasteiger partial charge >= 0.3 is 11.9 Å². The highest BCUT2D eigenvalue weighted by atomic mass is 16.7. The fourth-order valence-electron chi connectivity index (χ4n) is 1.79.